The normalized spacial score (nSPS) is 11.8. The van der Waals surface area contributed by atoms with Gasteiger partial charge >= 0.3 is 6.18 Å². The van der Waals surface area contributed by atoms with E-state index >= 15 is 0 Å². The Kier molecular flexibility index (Phi) is 3.44. The van der Waals surface area contributed by atoms with Gasteiger partial charge in [0, 0.05) is 23.3 Å². The molecule has 23 heavy (non-hydrogen) atoms. The van der Waals surface area contributed by atoms with E-state index < -0.39 is 11.7 Å². The third-order valence-corrected chi connectivity index (χ3v) is 4.01. The number of nitrogens with zero attached hydrogens (tertiary/aromatic N) is 2. The summed E-state index contributed by atoms with van der Waals surface area (Å²) < 4.78 is 46.2. The first-order valence-electron chi connectivity index (χ1n) is 6.90. The van der Waals surface area contributed by atoms with Gasteiger partial charge in [-0.3, -0.25) is 0 Å². The summed E-state index contributed by atoms with van der Waals surface area (Å²) in [6, 6.07) is 9.18. The Balaban J connectivity index is 2.49. The Bertz CT molecular complexity index is 949. The number of alkyl halides is 3. The molecule has 1 aromatic heterocycles. The van der Waals surface area contributed by atoms with Gasteiger partial charge in [-0.1, -0.05) is 6.07 Å². The highest BCUT2D eigenvalue weighted by Crippen LogP contribution is 2.39. The number of aromatic nitrogens is 1. The summed E-state index contributed by atoms with van der Waals surface area (Å²) in [6.45, 7) is 0. The molecule has 3 rings (SSSR count). The molecule has 3 nitrogen and oxygen atoms in total. The average Bonchev–Trinajstić information content (AvgIpc) is 2.81. The van der Waals surface area contributed by atoms with Crippen LogP contribution in [0.1, 0.15) is 11.1 Å². The zero-order valence-corrected chi connectivity index (χ0v) is 12.5. The van der Waals surface area contributed by atoms with E-state index in [0.717, 1.165) is 12.1 Å². The minimum absolute atomic E-state index is 0.121. The number of fused-ring (bicyclic) bond motifs is 3. The van der Waals surface area contributed by atoms with E-state index in [0.29, 0.717) is 33.1 Å². The summed E-state index contributed by atoms with van der Waals surface area (Å²) in [5.41, 5.74) is 1.34. The number of aryl methyl sites for hydroxylation is 1. The summed E-state index contributed by atoms with van der Waals surface area (Å²) in [5.74, 6) is 0.564. The number of halogens is 3. The summed E-state index contributed by atoms with van der Waals surface area (Å²) in [5, 5.41) is 10.1. The van der Waals surface area contributed by atoms with Crippen molar-refractivity contribution in [3.63, 3.8) is 0 Å². The van der Waals surface area contributed by atoms with Gasteiger partial charge in [0.1, 0.15) is 5.75 Å². The van der Waals surface area contributed by atoms with Crippen LogP contribution in [0.4, 0.5) is 13.2 Å². The topological polar surface area (TPSA) is 37.9 Å². The smallest absolute Gasteiger partial charge is 0.416 e. The van der Waals surface area contributed by atoms with Crippen molar-refractivity contribution in [1.29, 1.82) is 5.26 Å². The van der Waals surface area contributed by atoms with Crippen LogP contribution >= 0.6 is 0 Å². The van der Waals surface area contributed by atoms with Crippen molar-refractivity contribution in [1.82, 2.24) is 4.57 Å². The molecule has 0 fully saturated rings. The van der Waals surface area contributed by atoms with Crippen LogP contribution in [0.5, 0.6) is 5.75 Å². The second-order valence-corrected chi connectivity index (χ2v) is 5.27. The predicted octanol–water partition coefficient (Wildman–Crippen LogP) is 4.42. The van der Waals surface area contributed by atoms with E-state index in [1.807, 2.05) is 0 Å². The lowest BCUT2D eigenvalue weighted by atomic mass is 10.0. The molecule has 3 aromatic rings. The summed E-state index contributed by atoms with van der Waals surface area (Å²) in [7, 11) is 3.29. The van der Waals surface area contributed by atoms with Crippen molar-refractivity contribution in [3.05, 3.63) is 41.5 Å². The van der Waals surface area contributed by atoms with E-state index in [9.17, 15) is 13.2 Å². The molecule has 0 spiro atoms. The standard InChI is InChI=1S/C17H13F3N2O/c1-22-13-5-4-11(17(18,19)20)9-12(13)15-10(7-8-21)3-6-14(23-2)16(15)22/h3-6,9H,7H2,1-2H3. The van der Waals surface area contributed by atoms with Gasteiger partial charge in [-0.15, -0.1) is 0 Å². The number of methoxy groups -OCH3 is 1. The van der Waals surface area contributed by atoms with Crippen molar-refractivity contribution in [2.75, 3.05) is 7.11 Å². The lowest BCUT2D eigenvalue weighted by Crippen LogP contribution is -2.04. The van der Waals surface area contributed by atoms with Crippen LogP contribution in [-0.4, -0.2) is 11.7 Å². The largest absolute Gasteiger partial charge is 0.495 e. The first-order valence-corrected chi connectivity index (χ1v) is 6.90. The molecule has 0 atom stereocenters. The Morgan fingerprint density at radius 1 is 1.22 bits per heavy atom. The molecule has 0 bridgehead atoms. The predicted molar refractivity (Wildman–Crippen MR) is 81.3 cm³/mol. The molecule has 1 heterocycles. The Morgan fingerprint density at radius 3 is 2.57 bits per heavy atom. The highest BCUT2D eigenvalue weighted by atomic mass is 19.4. The van der Waals surface area contributed by atoms with Crippen LogP contribution in [0.2, 0.25) is 0 Å². The summed E-state index contributed by atoms with van der Waals surface area (Å²) >= 11 is 0. The molecular formula is C17H13F3N2O. The van der Waals surface area contributed by atoms with Crippen molar-refractivity contribution >= 4 is 21.8 Å². The van der Waals surface area contributed by atoms with E-state index in [4.69, 9.17) is 10.00 Å². The van der Waals surface area contributed by atoms with Crippen LogP contribution in [0.3, 0.4) is 0 Å². The van der Waals surface area contributed by atoms with Crippen molar-refractivity contribution in [2.45, 2.75) is 12.6 Å². The minimum atomic E-state index is -4.41. The zero-order valence-electron chi connectivity index (χ0n) is 12.5. The van der Waals surface area contributed by atoms with Crippen LogP contribution in [0, 0.1) is 11.3 Å². The average molecular weight is 318 g/mol. The first-order chi connectivity index (χ1) is 10.9. The fraction of sp³-hybridized carbons (Fsp3) is 0.235. The van der Waals surface area contributed by atoms with Crippen LogP contribution in [0.15, 0.2) is 30.3 Å². The Hall–Kier alpha value is -2.68. The Labute approximate surface area is 130 Å². The molecule has 0 aliphatic carbocycles. The van der Waals surface area contributed by atoms with Crippen molar-refractivity contribution in [3.8, 4) is 11.8 Å². The van der Waals surface area contributed by atoms with Crippen LogP contribution in [0.25, 0.3) is 21.8 Å². The van der Waals surface area contributed by atoms with Gasteiger partial charge in [-0.2, -0.15) is 18.4 Å². The quantitative estimate of drug-likeness (QED) is 0.701. The lowest BCUT2D eigenvalue weighted by molar-refractivity contribution is -0.137. The Morgan fingerprint density at radius 2 is 1.96 bits per heavy atom. The van der Waals surface area contributed by atoms with E-state index in [-0.39, 0.29) is 6.42 Å². The van der Waals surface area contributed by atoms with Gasteiger partial charge in [-0.25, -0.2) is 0 Å². The maximum Gasteiger partial charge on any atom is 0.416 e. The molecule has 0 amide bonds. The van der Waals surface area contributed by atoms with Gasteiger partial charge in [0.15, 0.2) is 0 Å². The highest BCUT2D eigenvalue weighted by Gasteiger charge is 2.31. The fourth-order valence-corrected chi connectivity index (χ4v) is 2.97. The zero-order chi connectivity index (χ0) is 16.8. The molecule has 0 unspecified atom stereocenters. The maximum atomic E-state index is 13.0. The second kappa shape index (κ2) is 5.20. The lowest BCUT2D eigenvalue weighted by Gasteiger charge is -2.07. The number of benzene rings is 2. The highest BCUT2D eigenvalue weighted by molar-refractivity contribution is 6.12. The van der Waals surface area contributed by atoms with Gasteiger partial charge < -0.3 is 9.30 Å². The number of hydrogen-bond acceptors (Lipinski definition) is 2. The van der Waals surface area contributed by atoms with Gasteiger partial charge in [0.25, 0.3) is 0 Å². The summed E-state index contributed by atoms with van der Waals surface area (Å²) in [4.78, 5) is 0. The first kappa shape index (κ1) is 15.2. The van der Waals surface area contributed by atoms with Crippen LogP contribution in [-0.2, 0) is 19.6 Å². The number of nitriles is 1. The molecule has 0 aliphatic heterocycles. The molecule has 0 N–H and O–H groups in total. The number of hydrogen-bond donors (Lipinski definition) is 0. The summed E-state index contributed by atoms with van der Waals surface area (Å²) in [6.07, 6.45) is -4.29. The fourth-order valence-electron chi connectivity index (χ4n) is 2.97. The molecule has 6 heteroatoms. The minimum Gasteiger partial charge on any atom is -0.495 e. The maximum absolute atomic E-state index is 13.0. The molecule has 0 saturated heterocycles. The van der Waals surface area contributed by atoms with E-state index in [2.05, 4.69) is 6.07 Å². The molecule has 118 valence electrons. The van der Waals surface area contributed by atoms with E-state index in [1.54, 1.807) is 23.7 Å². The van der Waals surface area contributed by atoms with Gasteiger partial charge in [-0.05, 0) is 29.8 Å². The van der Waals surface area contributed by atoms with Crippen molar-refractivity contribution in [2.24, 2.45) is 7.05 Å². The molecular weight excluding hydrogens is 305 g/mol. The molecule has 0 aliphatic rings. The molecule has 0 radical (unpaired) electrons. The third-order valence-electron chi connectivity index (χ3n) is 4.01. The number of ether oxygens (including phenoxy) is 1. The van der Waals surface area contributed by atoms with E-state index in [1.165, 1.54) is 13.2 Å². The monoisotopic (exact) mass is 318 g/mol. The number of rotatable bonds is 2. The van der Waals surface area contributed by atoms with Gasteiger partial charge in [0.05, 0.1) is 30.7 Å². The van der Waals surface area contributed by atoms with Gasteiger partial charge in [0.2, 0.25) is 0 Å². The van der Waals surface area contributed by atoms with Crippen molar-refractivity contribution < 1.29 is 17.9 Å². The SMILES string of the molecule is COc1ccc(CC#N)c2c3cc(C(F)(F)F)ccc3n(C)c12. The molecule has 0 saturated carbocycles. The second-order valence-electron chi connectivity index (χ2n) is 5.27. The van der Waals surface area contributed by atoms with Crippen LogP contribution < -0.4 is 4.74 Å². The third kappa shape index (κ3) is 2.29. The molecule has 2 aromatic carbocycles.